The number of nitro benzene ring substituents is 1. The molecule has 1 aromatic rings. The fourth-order valence-corrected chi connectivity index (χ4v) is 3.00. The predicted molar refractivity (Wildman–Crippen MR) is 71.8 cm³/mol. The first-order valence-corrected chi connectivity index (χ1v) is 6.57. The summed E-state index contributed by atoms with van der Waals surface area (Å²) in [5, 5.41) is 11.5. The van der Waals surface area contributed by atoms with Crippen molar-refractivity contribution in [2.75, 3.05) is 6.54 Å². The molecular formula is C13H17ClN2O2. The SMILES string of the molecule is NCC1(Cc2ccc(Cl)cc2[N+](=O)[O-])CCCC1. The van der Waals surface area contributed by atoms with Crippen LogP contribution in [-0.4, -0.2) is 11.5 Å². The maximum Gasteiger partial charge on any atom is 0.274 e. The van der Waals surface area contributed by atoms with Crippen LogP contribution in [0.1, 0.15) is 31.2 Å². The lowest BCUT2D eigenvalue weighted by molar-refractivity contribution is -0.385. The Hall–Kier alpha value is -1.13. The van der Waals surface area contributed by atoms with Crippen molar-refractivity contribution in [3.05, 3.63) is 38.9 Å². The van der Waals surface area contributed by atoms with Crippen molar-refractivity contribution in [1.82, 2.24) is 0 Å². The molecule has 0 atom stereocenters. The van der Waals surface area contributed by atoms with E-state index in [1.165, 1.54) is 18.9 Å². The van der Waals surface area contributed by atoms with Gasteiger partial charge in [0.25, 0.3) is 5.69 Å². The molecule has 0 unspecified atom stereocenters. The van der Waals surface area contributed by atoms with Crippen LogP contribution in [0.25, 0.3) is 0 Å². The number of benzene rings is 1. The van der Waals surface area contributed by atoms with E-state index in [0.29, 0.717) is 18.0 Å². The second-order valence-corrected chi connectivity index (χ2v) is 5.55. The van der Waals surface area contributed by atoms with E-state index in [9.17, 15) is 10.1 Å². The molecule has 2 N–H and O–H groups in total. The first kappa shape index (κ1) is 13.3. The lowest BCUT2D eigenvalue weighted by Crippen LogP contribution is -2.30. The quantitative estimate of drug-likeness (QED) is 0.673. The lowest BCUT2D eigenvalue weighted by Gasteiger charge is -2.27. The highest BCUT2D eigenvalue weighted by atomic mass is 35.5. The third-order valence-electron chi connectivity index (χ3n) is 3.91. The maximum absolute atomic E-state index is 11.1. The van der Waals surface area contributed by atoms with Gasteiger partial charge >= 0.3 is 0 Å². The van der Waals surface area contributed by atoms with Crippen LogP contribution in [0.5, 0.6) is 0 Å². The van der Waals surface area contributed by atoms with Gasteiger partial charge in [-0.15, -0.1) is 0 Å². The second-order valence-electron chi connectivity index (χ2n) is 5.12. The number of hydrogen-bond acceptors (Lipinski definition) is 3. The highest BCUT2D eigenvalue weighted by molar-refractivity contribution is 6.30. The Labute approximate surface area is 111 Å². The third kappa shape index (κ3) is 2.65. The van der Waals surface area contributed by atoms with Gasteiger partial charge in [-0.3, -0.25) is 10.1 Å². The Morgan fingerprint density at radius 3 is 2.61 bits per heavy atom. The standard InChI is InChI=1S/C13H17ClN2O2/c14-11-4-3-10(12(7-11)16(17)18)8-13(9-15)5-1-2-6-13/h3-4,7H,1-2,5-6,8-9,15H2. The molecule has 5 heteroatoms. The Balaban J connectivity index is 2.30. The van der Waals surface area contributed by atoms with Gasteiger partial charge in [0, 0.05) is 16.7 Å². The molecule has 2 rings (SSSR count). The maximum atomic E-state index is 11.1. The molecule has 0 amide bonds. The number of nitrogens with zero attached hydrogens (tertiary/aromatic N) is 1. The summed E-state index contributed by atoms with van der Waals surface area (Å²) in [5.74, 6) is 0. The molecular weight excluding hydrogens is 252 g/mol. The molecule has 4 nitrogen and oxygen atoms in total. The molecule has 98 valence electrons. The summed E-state index contributed by atoms with van der Waals surface area (Å²) in [5.41, 5.74) is 6.78. The Kier molecular flexibility index (Phi) is 3.88. The molecule has 1 aromatic carbocycles. The smallest absolute Gasteiger partial charge is 0.274 e. The van der Waals surface area contributed by atoms with E-state index < -0.39 is 0 Å². The number of hydrogen-bond donors (Lipinski definition) is 1. The third-order valence-corrected chi connectivity index (χ3v) is 4.14. The molecule has 1 fully saturated rings. The van der Waals surface area contributed by atoms with E-state index in [2.05, 4.69) is 0 Å². The van der Waals surface area contributed by atoms with Crippen LogP contribution in [0.2, 0.25) is 5.02 Å². The zero-order valence-electron chi connectivity index (χ0n) is 10.2. The number of nitro groups is 1. The Bertz CT molecular complexity index is 456. The van der Waals surface area contributed by atoms with Crippen molar-refractivity contribution in [2.45, 2.75) is 32.1 Å². The van der Waals surface area contributed by atoms with Crippen LogP contribution >= 0.6 is 11.6 Å². The van der Waals surface area contributed by atoms with Gasteiger partial charge in [0.1, 0.15) is 0 Å². The van der Waals surface area contributed by atoms with Crippen LogP contribution in [0, 0.1) is 15.5 Å². The molecule has 0 saturated heterocycles. The van der Waals surface area contributed by atoms with Crippen molar-refractivity contribution in [3.8, 4) is 0 Å². The highest BCUT2D eigenvalue weighted by Gasteiger charge is 2.34. The van der Waals surface area contributed by atoms with Gasteiger partial charge in [0.15, 0.2) is 0 Å². The minimum Gasteiger partial charge on any atom is -0.330 e. The molecule has 18 heavy (non-hydrogen) atoms. The summed E-state index contributed by atoms with van der Waals surface area (Å²) in [6, 6.07) is 4.90. The molecule has 0 heterocycles. The summed E-state index contributed by atoms with van der Waals surface area (Å²) >= 11 is 5.82. The zero-order valence-corrected chi connectivity index (χ0v) is 10.9. The average Bonchev–Trinajstić information content (AvgIpc) is 2.80. The molecule has 0 bridgehead atoms. The summed E-state index contributed by atoms with van der Waals surface area (Å²) in [7, 11) is 0. The van der Waals surface area contributed by atoms with Crippen LogP contribution in [0.4, 0.5) is 5.69 Å². The van der Waals surface area contributed by atoms with Gasteiger partial charge in [-0.25, -0.2) is 0 Å². The summed E-state index contributed by atoms with van der Waals surface area (Å²) in [4.78, 5) is 10.7. The Morgan fingerprint density at radius 2 is 2.06 bits per heavy atom. The molecule has 1 aliphatic carbocycles. The highest BCUT2D eigenvalue weighted by Crippen LogP contribution is 2.41. The summed E-state index contributed by atoms with van der Waals surface area (Å²) in [6.07, 6.45) is 5.13. The van der Waals surface area contributed by atoms with Gasteiger partial charge in [0.05, 0.1) is 4.92 Å². The van der Waals surface area contributed by atoms with Gasteiger partial charge < -0.3 is 5.73 Å². The van der Waals surface area contributed by atoms with E-state index in [1.54, 1.807) is 12.1 Å². The van der Waals surface area contributed by atoms with Crippen LogP contribution in [0.3, 0.4) is 0 Å². The number of rotatable bonds is 4. The van der Waals surface area contributed by atoms with Crippen LogP contribution in [-0.2, 0) is 6.42 Å². The minimum atomic E-state index is -0.361. The fraction of sp³-hybridized carbons (Fsp3) is 0.538. The predicted octanol–water partition coefficient (Wildman–Crippen LogP) is 3.31. The van der Waals surface area contributed by atoms with Crippen molar-refractivity contribution in [1.29, 1.82) is 0 Å². The largest absolute Gasteiger partial charge is 0.330 e. The fourth-order valence-electron chi connectivity index (χ4n) is 2.84. The van der Waals surface area contributed by atoms with Crippen molar-refractivity contribution < 1.29 is 4.92 Å². The molecule has 0 aromatic heterocycles. The summed E-state index contributed by atoms with van der Waals surface area (Å²) < 4.78 is 0. The first-order chi connectivity index (χ1) is 8.56. The zero-order chi connectivity index (χ0) is 13.2. The number of nitrogens with two attached hydrogens (primary N) is 1. The molecule has 1 saturated carbocycles. The van der Waals surface area contributed by atoms with E-state index in [0.717, 1.165) is 18.4 Å². The van der Waals surface area contributed by atoms with Crippen LogP contribution in [0.15, 0.2) is 18.2 Å². The topological polar surface area (TPSA) is 69.2 Å². The minimum absolute atomic E-state index is 0.0403. The van der Waals surface area contributed by atoms with E-state index in [1.807, 2.05) is 0 Å². The van der Waals surface area contributed by atoms with Gasteiger partial charge in [-0.2, -0.15) is 0 Å². The van der Waals surface area contributed by atoms with E-state index in [-0.39, 0.29) is 16.0 Å². The Morgan fingerprint density at radius 1 is 1.39 bits per heavy atom. The van der Waals surface area contributed by atoms with Crippen molar-refractivity contribution in [3.63, 3.8) is 0 Å². The molecule has 1 aliphatic rings. The first-order valence-electron chi connectivity index (χ1n) is 6.19. The monoisotopic (exact) mass is 268 g/mol. The van der Waals surface area contributed by atoms with Gasteiger partial charge in [-0.05, 0) is 37.3 Å². The second kappa shape index (κ2) is 5.24. The molecule has 0 radical (unpaired) electrons. The van der Waals surface area contributed by atoms with Crippen LogP contribution < -0.4 is 5.73 Å². The van der Waals surface area contributed by atoms with Gasteiger partial charge in [0.2, 0.25) is 0 Å². The molecule has 0 aliphatic heterocycles. The molecule has 0 spiro atoms. The van der Waals surface area contributed by atoms with E-state index in [4.69, 9.17) is 17.3 Å². The van der Waals surface area contributed by atoms with Crippen molar-refractivity contribution >= 4 is 17.3 Å². The summed E-state index contributed by atoms with van der Waals surface area (Å²) in [6.45, 7) is 0.590. The van der Waals surface area contributed by atoms with Crippen molar-refractivity contribution in [2.24, 2.45) is 11.1 Å². The normalized spacial score (nSPS) is 17.9. The average molecular weight is 269 g/mol. The van der Waals surface area contributed by atoms with Gasteiger partial charge in [-0.1, -0.05) is 30.5 Å². The van der Waals surface area contributed by atoms with E-state index >= 15 is 0 Å². The number of halogens is 1. The lowest BCUT2D eigenvalue weighted by atomic mass is 9.80.